The summed E-state index contributed by atoms with van der Waals surface area (Å²) < 4.78 is 31.1. The van der Waals surface area contributed by atoms with E-state index < -0.39 is 11.9 Å². The predicted octanol–water partition coefficient (Wildman–Crippen LogP) is 2.62. The summed E-state index contributed by atoms with van der Waals surface area (Å²) in [7, 11) is 6.28. The van der Waals surface area contributed by atoms with E-state index in [2.05, 4.69) is 9.97 Å². The van der Waals surface area contributed by atoms with Gasteiger partial charge in [-0.1, -0.05) is 12.1 Å². The van der Waals surface area contributed by atoms with Gasteiger partial charge in [0.05, 0.1) is 23.1 Å². The van der Waals surface area contributed by atoms with Gasteiger partial charge in [0.2, 0.25) is 0 Å². The highest BCUT2D eigenvalue weighted by Crippen LogP contribution is 2.35. The molecule has 2 heterocycles. The van der Waals surface area contributed by atoms with Crippen LogP contribution in [0.5, 0.6) is 5.75 Å². The molecule has 2 aromatic carbocycles. The van der Waals surface area contributed by atoms with Gasteiger partial charge in [0.25, 0.3) is 5.69 Å². The number of methoxy groups -OCH3 is 1. The number of fused-ring (bicyclic) bond motifs is 1. The Hall–Kier alpha value is -4.25. The molecular weight excluding hydrogens is 462 g/mol. The van der Waals surface area contributed by atoms with E-state index in [4.69, 9.17) is 8.85 Å². The molecule has 188 valence electrons. The van der Waals surface area contributed by atoms with Gasteiger partial charge < -0.3 is 14.5 Å². The number of benzene rings is 2. The summed E-state index contributed by atoms with van der Waals surface area (Å²) in [5, 5.41) is 12.0. The number of nitro groups is 1. The Labute approximate surface area is 212 Å². The molecule has 0 saturated carbocycles. The van der Waals surface area contributed by atoms with Gasteiger partial charge in [0.1, 0.15) is 23.1 Å². The van der Waals surface area contributed by atoms with E-state index in [1.165, 1.54) is 40.5 Å². The first-order valence-electron chi connectivity index (χ1n) is 12.7. The van der Waals surface area contributed by atoms with E-state index in [-0.39, 0.29) is 36.6 Å². The van der Waals surface area contributed by atoms with E-state index >= 15 is 0 Å². The summed E-state index contributed by atoms with van der Waals surface area (Å²) >= 11 is 0. The van der Waals surface area contributed by atoms with Crippen molar-refractivity contribution in [3.8, 4) is 11.6 Å². The van der Waals surface area contributed by atoms with E-state index in [0.717, 1.165) is 5.52 Å². The molecule has 0 fully saturated rings. The fourth-order valence-corrected chi connectivity index (χ4v) is 4.08. The van der Waals surface area contributed by atoms with Crippen LogP contribution in [0.2, 0.25) is 0 Å². The predicted molar refractivity (Wildman–Crippen MR) is 138 cm³/mol. The molecule has 0 radical (unpaired) electrons. The number of para-hydroxylation sites is 2. The van der Waals surface area contributed by atoms with Crippen molar-refractivity contribution in [3.63, 3.8) is 0 Å². The van der Waals surface area contributed by atoms with Crippen LogP contribution in [0.1, 0.15) is 15.5 Å². The minimum absolute atomic E-state index is 0.114. The van der Waals surface area contributed by atoms with Crippen LogP contribution in [0.15, 0.2) is 53.5 Å². The summed E-state index contributed by atoms with van der Waals surface area (Å²) in [6, 6.07) is 12.0. The van der Waals surface area contributed by atoms with Crippen LogP contribution >= 0.6 is 0 Å². The third kappa shape index (κ3) is 4.78. The Morgan fingerprint density at radius 3 is 2.61 bits per heavy atom. The van der Waals surface area contributed by atoms with E-state index in [9.17, 15) is 14.9 Å². The fraction of sp³-hybridized carbons (Fsp3) is 0.320. The molecule has 4 aromatic rings. The highest BCUT2D eigenvalue weighted by atomic mass is 16.6. The number of anilines is 1. The van der Waals surface area contributed by atoms with Crippen molar-refractivity contribution in [3.05, 3.63) is 80.6 Å². The lowest BCUT2D eigenvalue weighted by atomic mass is 10.1. The molecule has 0 spiro atoms. The van der Waals surface area contributed by atoms with Crippen LogP contribution in [0, 0.1) is 10.1 Å². The van der Waals surface area contributed by atoms with Crippen LogP contribution in [0.25, 0.3) is 16.9 Å². The lowest BCUT2D eigenvalue weighted by Gasteiger charge is -2.22. The topological polar surface area (TPSA) is 112 Å². The summed E-state index contributed by atoms with van der Waals surface area (Å²) in [6.07, 6.45) is 1.65. The molecule has 0 bridgehead atoms. The average Bonchev–Trinajstić information content (AvgIpc) is 3.16. The molecule has 11 heteroatoms. The maximum absolute atomic E-state index is 13.0. The Kier molecular flexibility index (Phi) is 5.95. The molecule has 11 nitrogen and oxygen atoms in total. The number of hydrogen-bond acceptors (Lipinski definition) is 8. The van der Waals surface area contributed by atoms with Gasteiger partial charge in [-0.3, -0.25) is 14.7 Å². The highest BCUT2D eigenvalue weighted by Gasteiger charge is 2.23. The number of aryl methyl sites for hydroxylation is 1. The summed E-state index contributed by atoms with van der Waals surface area (Å²) in [6.45, 7) is -1.86. The second-order valence-electron chi connectivity index (χ2n) is 8.43. The van der Waals surface area contributed by atoms with Crippen molar-refractivity contribution >= 4 is 22.4 Å². The van der Waals surface area contributed by atoms with Gasteiger partial charge in [-0.2, -0.15) is 0 Å². The number of ether oxygens (including phenoxy) is 1. The van der Waals surface area contributed by atoms with Crippen molar-refractivity contribution in [1.29, 1.82) is 0 Å². The lowest BCUT2D eigenvalue weighted by molar-refractivity contribution is -0.384. The van der Waals surface area contributed by atoms with Crippen molar-refractivity contribution < 1.29 is 13.8 Å². The number of aromatic nitrogens is 4. The quantitative estimate of drug-likeness (QED) is 0.258. The van der Waals surface area contributed by atoms with Gasteiger partial charge in [-0.15, -0.1) is 0 Å². The minimum Gasteiger partial charge on any atom is -0.496 e. The molecule has 2 aromatic heterocycles. The second kappa shape index (κ2) is 10.2. The molecule has 0 amide bonds. The number of imidazole rings is 1. The van der Waals surface area contributed by atoms with Gasteiger partial charge in [-0.05, 0) is 32.2 Å². The maximum atomic E-state index is 13.0. The normalized spacial score (nSPS) is 12.9. The molecule has 0 aliphatic rings. The third-order valence-electron chi connectivity index (χ3n) is 5.99. The van der Waals surface area contributed by atoms with E-state index in [1.807, 2.05) is 24.3 Å². The van der Waals surface area contributed by atoms with E-state index in [1.54, 1.807) is 31.1 Å². The molecule has 4 rings (SSSR count). The Morgan fingerprint density at radius 2 is 1.92 bits per heavy atom. The SMILES string of the molecule is [2H]C([2H])([2H])N(C)CCN(C)c1cc(OC)c(Cc2nccc(-n3c(=O)n(C)c4ccccc43)n2)cc1[N+](=O)[O-]. The summed E-state index contributed by atoms with van der Waals surface area (Å²) in [5.74, 6) is 1.12. The number of likely N-dealkylation sites (N-methyl/N-ethyl adjacent to an activating group) is 2. The van der Waals surface area contributed by atoms with Crippen LogP contribution in [0.4, 0.5) is 11.4 Å². The zero-order valence-corrected chi connectivity index (χ0v) is 20.5. The molecule has 36 heavy (non-hydrogen) atoms. The van der Waals surface area contributed by atoms with Crippen LogP contribution in [-0.4, -0.2) is 70.2 Å². The van der Waals surface area contributed by atoms with Crippen molar-refractivity contribution in [1.82, 2.24) is 24.0 Å². The van der Waals surface area contributed by atoms with Crippen LogP contribution < -0.4 is 15.3 Å². The zero-order chi connectivity index (χ0) is 28.5. The molecular formula is C25H29N7O4. The van der Waals surface area contributed by atoms with Crippen LogP contribution in [-0.2, 0) is 13.5 Å². The first kappa shape index (κ1) is 21.1. The maximum Gasteiger partial charge on any atom is 0.334 e. The Bertz CT molecular complexity index is 1580. The van der Waals surface area contributed by atoms with Gasteiger partial charge >= 0.3 is 5.69 Å². The highest BCUT2D eigenvalue weighted by molar-refractivity contribution is 5.77. The molecule has 0 aliphatic carbocycles. The molecule has 0 unspecified atom stereocenters. The largest absolute Gasteiger partial charge is 0.496 e. The Balaban J connectivity index is 1.68. The number of rotatable bonds is 9. The zero-order valence-electron chi connectivity index (χ0n) is 23.5. The van der Waals surface area contributed by atoms with Gasteiger partial charge in [0.15, 0.2) is 0 Å². The minimum atomic E-state index is -2.26. The average molecular weight is 495 g/mol. The third-order valence-corrected chi connectivity index (χ3v) is 5.99. The fourth-order valence-electron chi connectivity index (χ4n) is 4.08. The van der Waals surface area contributed by atoms with Gasteiger partial charge in [-0.25, -0.2) is 19.3 Å². The summed E-state index contributed by atoms with van der Waals surface area (Å²) in [5.41, 5.74) is 1.81. The Morgan fingerprint density at radius 1 is 1.17 bits per heavy atom. The van der Waals surface area contributed by atoms with Crippen LogP contribution in [0.3, 0.4) is 0 Å². The second-order valence-corrected chi connectivity index (χ2v) is 8.43. The molecule has 0 saturated heterocycles. The first-order valence-corrected chi connectivity index (χ1v) is 11.2. The smallest absolute Gasteiger partial charge is 0.334 e. The molecule has 0 aliphatic heterocycles. The number of nitro benzene ring substituents is 1. The van der Waals surface area contributed by atoms with E-state index in [0.29, 0.717) is 28.5 Å². The van der Waals surface area contributed by atoms with Gasteiger partial charge in [0, 0.05) is 61.6 Å². The number of nitrogens with zero attached hydrogens (tertiary/aromatic N) is 7. The van der Waals surface area contributed by atoms with Crippen molar-refractivity contribution in [2.75, 3.05) is 46.2 Å². The molecule has 0 atom stereocenters. The monoisotopic (exact) mass is 494 g/mol. The van der Waals surface area contributed by atoms with Crippen molar-refractivity contribution in [2.24, 2.45) is 7.05 Å². The lowest BCUT2D eigenvalue weighted by Crippen LogP contribution is -2.29. The molecule has 0 N–H and O–H groups in total. The summed E-state index contributed by atoms with van der Waals surface area (Å²) in [4.78, 5) is 36.2. The number of hydrogen-bond donors (Lipinski definition) is 0. The van der Waals surface area contributed by atoms with Crippen molar-refractivity contribution in [2.45, 2.75) is 6.42 Å². The standard InChI is InChI=1S/C25H29N7O4/c1-28(2)12-13-29(3)20-16-22(36-5)17(14-21(20)32(34)35)15-23-26-11-10-24(27-23)31-19-9-7-6-8-18(19)30(4)25(31)33/h6-11,14,16H,12-13,15H2,1-5H3/i1D3. The first-order chi connectivity index (χ1) is 18.4.